The number of nitro groups is 1. The third-order valence-corrected chi connectivity index (χ3v) is 3.30. The minimum absolute atomic E-state index is 0.120. The summed E-state index contributed by atoms with van der Waals surface area (Å²) < 4.78 is 1.40. The topological polar surface area (TPSA) is 97.4 Å². The summed E-state index contributed by atoms with van der Waals surface area (Å²) in [5.74, 6) is -0.411. The van der Waals surface area contributed by atoms with Crippen LogP contribution in [0.4, 0.5) is 5.69 Å². The predicted molar refractivity (Wildman–Crippen MR) is 63.2 cm³/mol. The normalized spacial score (nSPS) is 17.0. The molecule has 0 aliphatic heterocycles. The molecule has 2 N–H and O–H groups in total. The first kappa shape index (κ1) is 12.6. The van der Waals surface area contributed by atoms with E-state index in [9.17, 15) is 20.0 Å². The maximum atomic E-state index is 11.8. The largest absolute Gasteiger partial charge is 0.388 e. The summed E-state index contributed by atoms with van der Waals surface area (Å²) in [6.45, 7) is 0.185. The van der Waals surface area contributed by atoms with E-state index in [0.29, 0.717) is 12.8 Å². The van der Waals surface area contributed by atoms with E-state index in [0.717, 1.165) is 6.42 Å². The van der Waals surface area contributed by atoms with Crippen LogP contribution in [0.1, 0.15) is 29.8 Å². The zero-order valence-corrected chi connectivity index (χ0v) is 10.0. The predicted octanol–water partition coefficient (Wildman–Crippen LogP) is 0.578. The number of hydrogen-bond acceptors (Lipinski definition) is 4. The molecule has 7 nitrogen and oxygen atoms in total. The van der Waals surface area contributed by atoms with E-state index in [1.807, 2.05) is 0 Å². The van der Waals surface area contributed by atoms with Gasteiger partial charge in [0.1, 0.15) is 5.69 Å². The molecule has 0 bridgehead atoms. The fourth-order valence-corrected chi connectivity index (χ4v) is 1.97. The molecule has 0 spiro atoms. The highest BCUT2D eigenvalue weighted by atomic mass is 16.6. The second kappa shape index (κ2) is 4.41. The summed E-state index contributed by atoms with van der Waals surface area (Å²) >= 11 is 0. The Morgan fingerprint density at radius 1 is 1.67 bits per heavy atom. The first-order chi connectivity index (χ1) is 8.41. The van der Waals surface area contributed by atoms with Crippen molar-refractivity contribution in [2.45, 2.75) is 24.9 Å². The van der Waals surface area contributed by atoms with Crippen LogP contribution < -0.4 is 5.32 Å². The van der Waals surface area contributed by atoms with Gasteiger partial charge in [0.15, 0.2) is 0 Å². The van der Waals surface area contributed by atoms with Gasteiger partial charge in [-0.2, -0.15) is 0 Å². The van der Waals surface area contributed by atoms with Crippen molar-refractivity contribution in [3.8, 4) is 0 Å². The molecule has 1 aliphatic carbocycles. The summed E-state index contributed by atoms with van der Waals surface area (Å²) in [5, 5.41) is 23.0. The lowest BCUT2D eigenvalue weighted by molar-refractivity contribution is -0.384. The maximum Gasteiger partial charge on any atom is 0.287 e. The van der Waals surface area contributed by atoms with E-state index in [4.69, 9.17) is 0 Å². The molecule has 1 fully saturated rings. The molecule has 0 radical (unpaired) electrons. The van der Waals surface area contributed by atoms with Gasteiger partial charge in [0.05, 0.1) is 16.7 Å². The Balaban J connectivity index is 2.02. The average molecular weight is 253 g/mol. The number of nitrogens with one attached hydrogen (secondary N) is 1. The summed E-state index contributed by atoms with van der Waals surface area (Å²) in [4.78, 5) is 21.9. The Kier molecular flexibility index (Phi) is 3.08. The number of nitrogens with zero attached hydrogens (tertiary/aromatic N) is 2. The molecular weight excluding hydrogens is 238 g/mol. The molecule has 1 heterocycles. The molecule has 7 heteroatoms. The molecule has 98 valence electrons. The third-order valence-electron chi connectivity index (χ3n) is 3.30. The second-order valence-electron chi connectivity index (χ2n) is 4.71. The van der Waals surface area contributed by atoms with Gasteiger partial charge in [-0.15, -0.1) is 0 Å². The van der Waals surface area contributed by atoms with E-state index in [2.05, 4.69) is 5.32 Å². The van der Waals surface area contributed by atoms with Crippen molar-refractivity contribution in [3.63, 3.8) is 0 Å². The Morgan fingerprint density at radius 3 is 2.78 bits per heavy atom. The van der Waals surface area contributed by atoms with Crippen LogP contribution in [0.5, 0.6) is 0 Å². The van der Waals surface area contributed by atoms with Crippen LogP contribution in [-0.2, 0) is 7.05 Å². The molecule has 1 amide bonds. The van der Waals surface area contributed by atoms with E-state index >= 15 is 0 Å². The Bertz CT molecular complexity index is 490. The third kappa shape index (κ3) is 2.35. The van der Waals surface area contributed by atoms with Crippen molar-refractivity contribution >= 4 is 11.6 Å². The highest BCUT2D eigenvalue weighted by Crippen LogP contribution is 2.30. The number of carbonyl (C=O) groups is 1. The average Bonchev–Trinajstić information content (AvgIpc) is 2.66. The van der Waals surface area contributed by atoms with Gasteiger partial charge < -0.3 is 15.0 Å². The van der Waals surface area contributed by atoms with Crippen molar-refractivity contribution in [2.75, 3.05) is 6.54 Å². The number of carbonyl (C=O) groups excluding carboxylic acids is 1. The second-order valence-corrected chi connectivity index (χ2v) is 4.71. The van der Waals surface area contributed by atoms with Crippen LogP contribution in [0, 0.1) is 10.1 Å². The highest BCUT2D eigenvalue weighted by Gasteiger charge is 2.34. The fraction of sp³-hybridized carbons (Fsp3) is 0.545. The first-order valence-corrected chi connectivity index (χ1v) is 5.73. The van der Waals surface area contributed by atoms with E-state index in [1.165, 1.54) is 16.8 Å². The van der Waals surface area contributed by atoms with Crippen LogP contribution in [-0.4, -0.2) is 32.6 Å². The summed E-state index contributed by atoms with van der Waals surface area (Å²) in [6, 6.07) is 1.22. The van der Waals surface area contributed by atoms with Gasteiger partial charge >= 0.3 is 0 Å². The SMILES string of the molecule is Cn1cc([N+](=O)[O-])cc1C(=O)NCC1(O)CCC1. The van der Waals surface area contributed by atoms with E-state index in [-0.39, 0.29) is 17.9 Å². The van der Waals surface area contributed by atoms with Crippen molar-refractivity contribution < 1.29 is 14.8 Å². The lowest BCUT2D eigenvalue weighted by atomic mass is 9.80. The molecule has 1 saturated carbocycles. The monoisotopic (exact) mass is 253 g/mol. The summed E-state index contributed by atoms with van der Waals surface area (Å²) in [7, 11) is 1.57. The lowest BCUT2D eigenvalue weighted by Crippen LogP contribution is -2.48. The number of rotatable bonds is 4. The molecule has 2 rings (SSSR count). The van der Waals surface area contributed by atoms with Gasteiger partial charge in [0.2, 0.25) is 0 Å². The van der Waals surface area contributed by atoms with Gasteiger partial charge in [-0.25, -0.2) is 0 Å². The standard InChI is InChI=1S/C11H15N3O4/c1-13-6-8(14(17)18)5-9(13)10(15)12-7-11(16)3-2-4-11/h5-6,16H,2-4,7H2,1H3,(H,12,15). The smallest absolute Gasteiger partial charge is 0.287 e. The van der Waals surface area contributed by atoms with E-state index in [1.54, 1.807) is 7.05 Å². The summed E-state index contributed by atoms with van der Waals surface area (Å²) in [5.41, 5.74) is -0.707. The lowest BCUT2D eigenvalue weighted by Gasteiger charge is -2.36. The minimum atomic E-state index is -0.799. The van der Waals surface area contributed by atoms with Gasteiger partial charge in [-0.3, -0.25) is 14.9 Å². The Morgan fingerprint density at radius 2 is 2.33 bits per heavy atom. The molecule has 1 aliphatic rings. The first-order valence-electron chi connectivity index (χ1n) is 5.73. The number of amides is 1. The number of aryl methyl sites for hydroxylation is 1. The Hall–Kier alpha value is -1.89. The molecule has 1 aromatic heterocycles. The zero-order valence-electron chi connectivity index (χ0n) is 10.0. The molecule has 0 saturated heterocycles. The molecule has 0 aromatic carbocycles. The van der Waals surface area contributed by atoms with Crippen LogP contribution >= 0.6 is 0 Å². The highest BCUT2D eigenvalue weighted by molar-refractivity contribution is 5.93. The number of aliphatic hydroxyl groups is 1. The van der Waals surface area contributed by atoms with Crippen molar-refractivity contribution in [2.24, 2.45) is 7.05 Å². The van der Waals surface area contributed by atoms with Crippen LogP contribution in [0.15, 0.2) is 12.3 Å². The van der Waals surface area contributed by atoms with Crippen molar-refractivity contribution in [1.82, 2.24) is 9.88 Å². The Labute approximate surface area is 104 Å². The zero-order chi connectivity index (χ0) is 13.3. The summed E-state index contributed by atoms with van der Waals surface area (Å²) in [6.07, 6.45) is 3.61. The van der Waals surface area contributed by atoms with Crippen molar-refractivity contribution in [1.29, 1.82) is 0 Å². The number of aromatic nitrogens is 1. The fourth-order valence-electron chi connectivity index (χ4n) is 1.97. The quantitative estimate of drug-likeness (QED) is 0.605. The maximum absolute atomic E-state index is 11.8. The van der Waals surface area contributed by atoms with Gasteiger partial charge in [0, 0.05) is 19.7 Å². The molecule has 1 aromatic rings. The van der Waals surface area contributed by atoms with Gasteiger partial charge in [-0.1, -0.05) is 0 Å². The molecular formula is C11H15N3O4. The van der Waals surface area contributed by atoms with Crippen LogP contribution in [0.25, 0.3) is 0 Å². The van der Waals surface area contributed by atoms with Crippen LogP contribution in [0.2, 0.25) is 0 Å². The molecule has 18 heavy (non-hydrogen) atoms. The van der Waals surface area contributed by atoms with Gasteiger partial charge in [-0.05, 0) is 19.3 Å². The molecule has 0 atom stereocenters. The number of hydrogen-bond donors (Lipinski definition) is 2. The van der Waals surface area contributed by atoms with E-state index < -0.39 is 16.4 Å². The molecule has 0 unspecified atom stereocenters. The van der Waals surface area contributed by atoms with Crippen molar-refractivity contribution in [3.05, 3.63) is 28.1 Å². The van der Waals surface area contributed by atoms with Gasteiger partial charge in [0.25, 0.3) is 11.6 Å². The van der Waals surface area contributed by atoms with Crippen LogP contribution in [0.3, 0.4) is 0 Å². The minimum Gasteiger partial charge on any atom is -0.388 e.